The molecule has 0 saturated heterocycles. The second kappa shape index (κ2) is 4.52. The highest BCUT2D eigenvalue weighted by Gasteiger charge is 2.08. The zero-order valence-corrected chi connectivity index (χ0v) is 9.30. The maximum absolute atomic E-state index is 13.6. The van der Waals surface area contributed by atoms with E-state index in [0.29, 0.717) is 11.1 Å². The highest BCUT2D eigenvalue weighted by molar-refractivity contribution is 6.30. The molecule has 0 aliphatic heterocycles. The Labute approximate surface area is 102 Å². The van der Waals surface area contributed by atoms with Crippen molar-refractivity contribution in [2.75, 3.05) is 0 Å². The van der Waals surface area contributed by atoms with Gasteiger partial charge < -0.3 is 0 Å². The molecule has 0 aromatic heterocycles. The van der Waals surface area contributed by atoms with E-state index in [0.717, 1.165) is 6.07 Å². The van der Waals surface area contributed by atoms with Crippen LogP contribution < -0.4 is 0 Å². The van der Waals surface area contributed by atoms with Gasteiger partial charge in [-0.25, -0.2) is 8.78 Å². The minimum absolute atomic E-state index is 0.0226. The molecule has 1 nitrogen and oxygen atoms in total. The number of hydrogen-bond acceptors (Lipinski definition) is 1. The summed E-state index contributed by atoms with van der Waals surface area (Å²) in [5.74, 6) is -1.13. The molecular formula is C13H6ClF2N. The van der Waals surface area contributed by atoms with Crippen molar-refractivity contribution in [2.45, 2.75) is 0 Å². The second-order valence-corrected chi connectivity index (χ2v) is 3.84. The van der Waals surface area contributed by atoms with E-state index in [9.17, 15) is 8.78 Å². The minimum Gasteiger partial charge on any atom is -0.206 e. The van der Waals surface area contributed by atoms with Crippen LogP contribution in [0.2, 0.25) is 5.02 Å². The van der Waals surface area contributed by atoms with Crippen LogP contribution in [-0.4, -0.2) is 0 Å². The van der Waals surface area contributed by atoms with Crippen LogP contribution >= 0.6 is 11.6 Å². The molecule has 0 aliphatic rings. The van der Waals surface area contributed by atoms with Crippen LogP contribution in [0, 0.1) is 23.0 Å². The average Bonchev–Trinajstić information content (AvgIpc) is 2.33. The first-order valence-corrected chi connectivity index (χ1v) is 5.14. The number of nitrogens with zero attached hydrogens (tertiary/aromatic N) is 1. The minimum atomic E-state index is -0.620. The van der Waals surface area contributed by atoms with E-state index in [1.54, 1.807) is 0 Å². The highest BCUT2D eigenvalue weighted by atomic mass is 35.5. The fourth-order valence-corrected chi connectivity index (χ4v) is 1.60. The first kappa shape index (κ1) is 11.6. The lowest BCUT2D eigenvalue weighted by atomic mass is 10.0. The van der Waals surface area contributed by atoms with E-state index < -0.39 is 11.6 Å². The van der Waals surface area contributed by atoms with Crippen LogP contribution in [0.4, 0.5) is 8.78 Å². The van der Waals surface area contributed by atoms with Crippen LogP contribution in [0.3, 0.4) is 0 Å². The van der Waals surface area contributed by atoms with Gasteiger partial charge in [-0.05, 0) is 35.9 Å². The van der Waals surface area contributed by atoms with Crippen molar-refractivity contribution < 1.29 is 8.78 Å². The SMILES string of the molecule is N#Cc1ccc(F)c(-c2ccc(Cl)c(F)c2)c1. The van der Waals surface area contributed by atoms with Crippen LogP contribution in [-0.2, 0) is 0 Å². The monoisotopic (exact) mass is 249 g/mol. The van der Waals surface area contributed by atoms with Gasteiger partial charge in [0.1, 0.15) is 11.6 Å². The molecule has 0 saturated carbocycles. The molecule has 0 atom stereocenters. The number of rotatable bonds is 1. The van der Waals surface area contributed by atoms with Crippen LogP contribution in [0.25, 0.3) is 11.1 Å². The highest BCUT2D eigenvalue weighted by Crippen LogP contribution is 2.27. The number of hydrogen-bond donors (Lipinski definition) is 0. The van der Waals surface area contributed by atoms with Gasteiger partial charge in [0.05, 0.1) is 16.7 Å². The third-order valence-electron chi connectivity index (χ3n) is 2.33. The molecular weight excluding hydrogens is 244 g/mol. The number of halogens is 3. The average molecular weight is 250 g/mol. The van der Waals surface area contributed by atoms with E-state index >= 15 is 0 Å². The van der Waals surface area contributed by atoms with Crippen molar-refractivity contribution in [1.82, 2.24) is 0 Å². The van der Waals surface area contributed by atoms with Crippen LogP contribution in [0.5, 0.6) is 0 Å². The van der Waals surface area contributed by atoms with Gasteiger partial charge in [-0.15, -0.1) is 0 Å². The smallest absolute Gasteiger partial charge is 0.142 e. The Morgan fingerprint density at radius 1 is 1.00 bits per heavy atom. The van der Waals surface area contributed by atoms with Crippen molar-refractivity contribution in [1.29, 1.82) is 5.26 Å². The molecule has 84 valence electrons. The maximum atomic E-state index is 13.6. The van der Waals surface area contributed by atoms with E-state index in [1.165, 1.54) is 30.3 Å². The summed E-state index contributed by atoms with van der Waals surface area (Å²) in [7, 11) is 0. The molecule has 0 spiro atoms. The summed E-state index contributed by atoms with van der Waals surface area (Å²) in [6.45, 7) is 0. The molecule has 0 N–H and O–H groups in total. The lowest BCUT2D eigenvalue weighted by Gasteiger charge is -2.05. The zero-order valence-electron chi connectivity index (χ0n) is 8.55. The summed E-state index contributed by atoms with van der Waals surface area (Å²) in [4.78, 5) is 0. The third kappa shape index (κ3) is 2.27. The summed E-state index contributed by atoms with van der Waals surface area (Å²) in [5.41, 5.74) is 0.845. The predicted molar refractivity (Wildman–Crippen MR) is 61.5 cm³/mol. The molecule has 2 rings (SSSR count). The molecule has 0 amide bonds. The van der Waals surface area contributed by atoms with Gasteiger partial charge in [-0.3, -0.25) is 0 Å². The Kier molecular flexibility index (Phi) is 3.08. The van der Waals surface area contributed by atoms with Crippen molar-refractivity contribution in [3.63, 3.8) is 0 Å². The first-order valence-electron chi connectivity index (χ1n) is 4.77. The van der Waals surface area contributed by atoms with Gasteiger partial charge >= 0.3 is 0 Å². The summed E-state index contributed by atoms with van der Waals surface area (Å²) >= 11 is 5.55. The lowest BCUT2D eigenvalue weighted by molar-refractivity contribution is 0.625. The normalized spacial score (nSPS) is 10.0. The molecule has 2 aromatic rings. The van der Waals surface area contributed by atoms with Gasteiger partial charge in [-0.1, -0.05) is 17.7 Å². The van der Waals surface area contributed by atoms with E-state index in [2.05, 4.69) is 0 Å². The van der Waals surface area contributed by atoms with Gasteiger partial charge in [0.25, 0.3) is 0 Å². The Morgan fingerprint density at radius 3 is 2.41 bits per heavy atom. The van der Waals surface area contributed by atoms with Gasteiger partial charge in [0.15, 0.2) is 0 Å². The van der Waals surface area contributed by atoms with Gasteiger partial charge in [0, 0.05) is 5.56 Å². The van der Waals surface area contributed by atoms with Gasteiger partial charge in [-0.2, -0.15) is 5.26 Å². The molecule has 0 bridgehead atoms. The van der Waals surface area contributed by atoms with E-state index in [-0.39, 0.29) is 10.6 Å². The Bertz CT molecular complexity index is 617. The molecule has 0 aliphatic carbocycles. The largest absolute Gasteiger partial charge is 0.206 e. The lowest BCUT2D eigenvalue weighted by Crippen LogP contribution is -1.88. The molecule has 0 heterocycles. The summed E-state index contributed by atoms with van der Waals surface area (Å²) in [6, 6.07) is 9.82. The Hall–Kier alpha value is -1.92. The molecule has 0 radical (unpaired) electrons. The van der Waals surface area contributed by atoms with Gasteiger partial charge in [0.2, 0.25) is 0 Å². The van der Waals surface area contributed by atoms with Crippen molar-refractivity contribution in [3.05, 3.63) is 58.6 Å². The fourth-order valence-electron chi connectivity index (χ4n) is 1.48. The molecule has 0 fully saturated rings. The molecule has 0 unspecified atom stereocenters. The summed E-state index contributed by atoms with van der Waals surface area (Å²) in [6.07, 6.45) is 0. The Morgan fingerprint density at radius 2 is 1.76 bits per heavy atom. The van der Waals surface area contributed by atoms with E-state index in [4.69, 9.17) is 16.9 Å². The van der Waals surface area contributed by atoms with E-state index in [1.807, 2.05) is 6.07 Å². The quantitative estimate of drug-likeness (QED) is 0.745. The van der Waals surface area contributed by atoms with Crippen molar-refractivity contribution in [3.8, 4) is 17.2 Å². The van der Waals surface area contributed by atoms with Crippen LogP contribution in [0.15, 0.2) is 36.4 Å². The summed E-state index contributed by atoms with van der Waals surface area (Å²) in [5, 5.41) is 8.71. The first-order chi connectivity index (χ1) is 8.11. The topological polar surface area (TPSA) is 23.8 Å². The van der Waals surface area contributed by atoms with Crippen molar-refractivity contribution >= 4 is 11.6 Å². The fraction of sp³-hybridized carbons (Fsp3) is 0. The molecule has 17 heavy (non-hydrogen) atoms. The molecule has 4 heteroatoms. The maximum Gasteiger partial charge on any atom is 0.142 e. The third-order valence-corrected chi connectivity index (χ3v) is 2.63. The molecule has 2 aromatic carbocycles. The zero-order chi connectivity index (χ0) is 12.4. The van der Waals surface area contributed by atoms with Crippen LogP contribution in [0.1, 0.15) is 5.56 Å². The number of benzene rings is 2. The van der Waals surface area contributed by atoms with Crippen molar-refractivity contribution in [2.24, 2.45) is 0 Å². The second-order valence-electron chi connectivity index (χ2n) is 3.44. The number of nitriles is 1. The predicted octanol–water partition coefficient (Wildman–Crippen LogP) is 4.16. The summed E-state index contributed by atoms with van der Waals surface area (Å²) < 4.78 is 26.8. The Balaban J connectivity index is 2.60. The standard InChI is InChI=1S/C13H6ClF2N/c14-11-3-2-9(6-13(11)16)10-5-8(7-17)1-4-12(10)15/h1-6H.